The number of carbonyl (C=O) groups is 1. The first-order valence-electron chi connectivity index (χ1n) is 8.98. The van der Waals surface area contributed by atoms with Crippen molar-refractivity contribution in [3.8, 4) is 5.75 Å². The summed E-state index contributed by atoms with van der Waals surface area (Å²) < 4.78 is 10.8. The second kappa shape index (κ2) is 9.11. The minimum Gasteiger partial charge on any atom is -0.492 e. The fourth-order valence-corrected chi connectivity index (χ4v) is 3.19. The number of benzene rings is 2. The quantitative estimate of drug-likeness (QED) is 0.747. The van der Waals surface area contributed by atoms with Crippen molar-refractivity contribution in [1.29, 1.82) is 0 Å². The average Bonchev–Trinajstić information content (AvgIpc) is 3.20. The molecule has 0 saturated heterocycles. The first-order chi connectivity index (χ1) is 12.3. The Morgan fingerprint density at radius 3 is 2.44 bits per heavy atom. The van der Waals surface area contributed by atoms with E-state index in [9.17, 15) is 4.79 Å². The number of hydrogen-bond donors (Lipinski definition) is 1. The predicted octanol–water partition coefficient (Wildman–Crippen LogP) is 4.65. The summed E-state index contributed by atoms with van der Waals surface area (Å²) in [7, 11) is 0. The van der Waals surface area contributed by atoms with Gasteiger partial charge in [0.2, 0.25) is 0 Å². The number of ether oxygens (including phenoxy) is 2. The highest BCUT2D eigenvalue weighted by Crippen LogP contribution is 2.34. The maximum Gasteiger partial charge on any atom is 0.407 e. The van der Waals surface area contributed by atoms with Gasteiger partial charge in [0.1, 0.15) is 19.0 Å². The van der Waals surface area contributed by atoms with E-state index in [1.54, 1.807) is 0 Å². The lowest BCUT2D eigenvalue weighted by Crippen LogP contribution is -2.28. The van der Waals surface area contributed by atoms with Crippen LogP contribution in [0.15, 0.2) is 54.6 Å². The molecule has 0 bridgehead atoms. The lowest BCUT2D eigenvalue weighted by molar-refractivity contribution is 0.137. The maximum atomic E-state index is 11.6. The zero-order chi connectivity index (χ0) is 17.3. The van der Waals surface area contributed by atoms with Gasteiger partial charge in [0.25, 0.3) is 0 Å². The maximum absolute atomic E-state index is 11.6. The van der Waals surface area contributed by atoms with E-state index in [2.05, 4.69) is 17.4 Å². The lowest BCUT2D eigenvalue weighted by Gasteiger charge is -2.11. The summed E-state index contributed by atoms with van der Waals surface area (Å²) in [6.07, 6.45) is 4.86. The lowest BCUT2D eigenvalue weighted by atomic mass is 9.98. The minimum atomic E-state index is -0.427. The zero-order valence-electron chi connectivity index (χ0n) is 14.4. The third-order valence-corrected chi connectivity index (χ3v) is 4.56. The summed E-state index contributed by atoms with van der Waals surface area (Å²) in [5.74, 6) is 1.55. The first-order valence-corrected chi connectivity index (χ1v) is 8.98. The summed E-state index contributed by atoms with van der Waals surface area (Å²) in [4.78, 5) is 11.6. The number of carbonyl (C=O) groups excluding carboxylic acids is 1. The van der Waals surface area contributed by atoms with Crippen molar-refractivity contribution in [3.05, 3.63) is 65.7 Å². The summed E-state index contributed by atoms with van der Waals surface area (Å²) >= 11 is 0. The first kappa shape index (κ1) is 17.3. The van der Waals surface area contributed by atoms with E-state index in [1.807, 2.05) is 42.5 Å². The smallest absolute Gasteiger partial charge is 0.407 e. The van der Waals surface area contributed by atoms with Crippen LogP contribution in [0, 0.1) is 0 Å². The molecule has 1 amide bonds. The molecular formula is C21H25NO3. The molecule has 2 aromatic carbocycles. The second-order valence-electron chi connectivity index (χ2n) is 6.39. The zero-order valence-corrected chi connectivity index (χ0v) is 14.4. The van der Waals surface area contributed by atoms with Crippen molar-refractivity contribution in [1.82, 2.24) is 5.32 Å². The van der Waals surface area contributed by atoms with Gasteiger partial charge in [-0.3, -0.25) is 0 Å². The fourth-order valence-electron chi connectivity index (χ4n) is 3.19. The molecule has 0 spiro atoms. The molecule has 132 valence electrons. The van der Waals surface area contributed by atoms with Crippen LogP contribution in [0.25, 0.3) is 0 Å². The fraction of sp³-hybridized carbons (Fsp3) is 0.381. The third kappa shape index (κ3) is 5.52. The molecule has 4 heteroatoms. The van der Waals surface area contributed by atoms with E-state index in [0.29, 0.717) is 13.2 Å². The third-order valence-electron chi connectivity index (χ3n) is 4.56. The topological polar surface area (TPSA) is 47.6 Å². The summed E-state index contributed by atoms with van der Waals surface area (Å²) in [6.45, 7) is 1.11. The molecule has 1 aliphatic rings. The van der Waals surface area contributed by atoms with Gasteiger partial charge in [-0.15, -0.1) is 0 Å². The Labute approximate surface area is 149 Å². The minimum absolute atomic E-state index is 0.274. The number of rotatable bonds is 7. The van der Waals surface area contributed by atoms with Crippen LogP contribution in [0.4, 0.5) is 4.79 Å². The molecule has 1 saturated carbocycles. The van der Waals surface area contributed by atoms with Crippen LogP contribution < -0.4 is 10.1 Å². The number of amides is 1. The number of alkyl carbamates (subject to hydrolysis) is 1. The highest BCUT2D eigenvalue weighted by atomic mass is 16.5. The molecule has 0 unspecified atom stereocenters. The Hall–Kier alpha value is -2.49. The Kier molecular flexibility index (Phi) is 6.32. The van der Waals surface area contributed by atoms with Crippen molar-refractivity contribution in [2.45, 2.75) is 38.2 Å². The molecule has 0 radical (unpaired) electrons. The van der Waals surface area contributed by atoms with Crippen LogP contribution in [-0.4, -0.2) is 19.2 Å². The molecule has 0 heterocycles. The van der Waals surface area contributed by atoms with Gasteiger partial charge >= 0.3 is 6.09 Å². The molecular weight excluding hydrogens is 314 g/mol. The average molecular weight is 339 g/mol. The second-order valence-corrected chi connectivity index (χ2v) is 6.39. The molecule has 2 aromatic rings. The number of nitrogens with one attached hydrogen (secondary N) is 1. The van der Waals surface area contributed by atoms with E-state index in [0.717, 1.165) is 17.2 Å². The highest BCUT2D eigenvalue weighted by molar-refractivity contribution is 5.67. The molecule has 4 nitrogen and oxygen atoms in total. The molecule has 1 aliphatic carbocycles. The van der Waals surface area contributed by atoms with Crippen LogP contribution in [0.1, 0.15) is 42.7 Å². The standard InChI is InChI=1S/C21H25NO3/c23-21(25-16-17-6-2-1-3-7-17)22-14-15-24-20-12-10-19(11-13-20)18-8-4-5-9-18/h1-3,6-7,10-13,18H,4-5,8-9,14-16H2,(H,22,23). The molecule has 1 fully saturated rings. The van der Waals surface area contributed by atoms with Gasteiger partial charge in [-0.25, -0.2) is 4.79 Å². The van der Waals surface area contributed by atoms with Gasteiger partial charge in [-0.05, 0) is 42.0 Å². The Morgan fingerprint density at radius 1 is 1.00 bits per heavy atom. The van der Waals surface area contributed by atoms with Crippen molar-refractivity contribution in [2.24, 2.45) is 0 Å². The van der Waals surface area contributed by atoms with Crippen LogP contribution in [0.2, 0.25) is 0 Å². The van der Waals surface area contributed by atoms with E-state index >= 15 is 0 Å². The van der Waals surface area contributed by atoms with Gasteiger partial charge in [0.05, 0.1) is 6.54 Å². The Bertz CT molecular complexity index is 649. The van der Waals surface area contributed by atoms with Crippen molar-refractivity contribution in [3.63, 3.8) is 0 Å². The van der Waals surface area contributed by atoms with E-state index in [1.165, 1.54) is 31.2 Å². The Balaban J connectivity index is 1.32. The van der Waals surface area contributed by atoms with E-state index < -0.39 is 6.09 Å². The van der Waals surface area contributed by atoms with Gasteiger partial charge in [0.15, 0.2) is 0 Å². The van der Waals surface area contributed by atoms with E-state index in [4.69, 9.17) is 9.47 Å². The van der Waals surface area contributed by atoms with Crippen LogP contribution in [0.3, 0.4) is 0 Å². The SMILES string of the molecule is O=C(NCCOc1ccc(C2CCCC2)cc1)OCc1ccccc1. The van der Waals surface area contributed by atoms with Crippen molar-refractivity contribution in [2.75, 3.05) is 13.2 Å². The van der Waals surface area contributed by atoms with Gasteiger partial charge in [-0.1, -0.05) is 55.3 Å². The molecule has 0 atom stereocenters. The van der Waals surface area contributed by atoms with Crippen LogP contribution >= 0.6 is 0 Å². The Morgan fingerprint density at radius 2 is 1.72 bits per heavy atom. The summed E-state index contributed by atoms with van der Waals surface area (Å²) in [5, 5.41) is 2.69. The monoisotopic (exact) mass is 339 g/mol. The highest BCUT2D eigenvalue weighted by Gasteiger charge is 2.16. The largest absolute Gasteiger partial charge is 0.492 e. The van der Waals surface area contributed by atoms with Crippen molar-refractivity contribution < 1.29 is 14.3 Å². The van der Waals surface area contributed by atoms with E-state index in [-0.39, 0.29) is 6.61 Å². The molecule has 0 aliphatic heterocycles. The van der Waals surface area contributed by atoms with Gasteiger partial charge < -0.3 is 14.8 Å². The van der Waals surface area contributed by atoms with Gasteiger partial charge in [0, 0.05) is 0 Å². The summed E-state index contributed by atoms with van der Waals surface area (Å²) in [5.41, 5.74) is 2.38. The van der Waals surface area contributed by atoms with Crippen LogP contribution in [0.5, 0.6) is 5.75 Å². The predicted molar refractivity (Wildman–Crippen MR) is 97.8 cm³/mol. The normalized spacial score (nSPS) is 14.2. The molecule has 1 N–H and O–H groups in total. The number of hydrogen-bond acceptors (Lipinski definition) is 3. The van der Waals surface area contributed by atoms with Gasteiger partial charge in [-0.2, -0.15) is 0 Å². The van der Waals surface area contributed by atoms with Crippen LogP contribution in [-0.2, 0) is 11.3 Å². The molecule has 3 rings (SSSR count). The molecule has 25 heavy (non-hydrogen) atoms. The molecule has 0 aromatic heterocycles. The summed E-state index contributed by atoms with van der Waals surface area (Å²) in [6, 6.07) is 18.0. The van der Waals surface area contributed by atoms with Crippen molar-refractivity contribution >= 4 is 6.09 Å².